The molecular weight excluding hydrogens is 294 g/mol. The monoisotopic (exact) mass is 303 g/mol. The van der Waals surface area contributed by atoms with Gasteiger partial charge in [0.25, 0.3) is 5.69 Å². The number of phenols is 1. The largest absolute Gasteiger partial charge is 0.502 e. The molecule has 0 aliphatic heterocycles. The number of nitrogens with one attached hydrogen (secondary N) is 1. The number of benzene rings is 1. The van der Waals surface area contributed by atoms with Crippen LogP contribution in [0.2, 0.25) is 0 Å². The van der Waals surface area contributed by atoms with Gasteiger partial charge in [-0.1, -0.05) is 6.07 Å². The zero-order valence-corrected chi connectivity index (χ0v) is 10.9. The van der Waals surface area contributed by atoms with Crippen molar-refractivity contribution in [2.24, 2.45) is 5.10 Å². The first-order valence-electron chi connectivity index (χ1n) is 5.85. The fraction of sp³-hybridized carbons (Fsp3) is 0. The molecule has 2 rings (SSSR count). The van der Waals surface area contributed by atoms with E-state index in [2.05, 4.69) is 15.5 Å². The van der Waals surface area contributed by atoms with Crippen LogP contribution in [0.15, 0.2) is 41.6 Å². The van der Waals surface area contributed by atoms with E-state index < -0.39 is 21.3 Å². The number of anilines is 1. The van der Waals surface area contributed by atoms with Crippen LogP contribution in [0.1, 0.15) is 5.56 Å². The lowest BCUT2D eigenvalue weighted by Gasteiger charge is -2.00. The van der Waals surface area contributed by atoms with Gasteiger partial charge in [-0.2, -0.15) is 5.10 Å². The van der Waals surface area contributed by atoms with Gasteiger partial charge >= 0.3 is 5.69 Å². The highest BCUT2D eigenvalue weighted by Crippen LogP contribution is 2.27. The molecule has 0 aliphatic carbocycles. The number of nitro benzene ring substituents is 1. The summed E-state index contributed by atoms with van der Waals surface area (Å²) < 4.78 is 0. The van der Waals surface area contributed by atoms with E-state index >= 15 is 0 Å². The van der Waals surface area contributed by atoms with Gasteiger partial charge in [0.1, 0.15) is 12.0 Å². The van der Waals surface area contributed by atoms with Crippen LogP contribution in [-0.4, -0.2) is 26.2 Å². The highest BCUT2D eigenvalue weighted by molar-refractivity contribution is 5.85. The van der Waals surface area contributed by atoms with E-state index in [1.165, 1.54) is 30.5 Å². The van der Waals surface area contributed by atoms with E-state index in [1.807, 2.05) is 0 Å². The Bertz CT molecular complexity index is 744. The maximum Gasteiger partial charge on any atom is 0.311 e. The normalized spacial score (nSPS) is 10.5. The number of hydrogen-bond donors (Lipinski definition) is 2. The molecule has 0 amide bonds. The van der Waals surface area contributed by atoms with Crippen molar-refractivity contribution in [3.8, 4) is 5.75 Å². The van der Waals surface area contributed by atoms with Crippen molar-refractivity contribution in [1.82, 2.24) is 4.98 Å². The molecule has 10 heteroatoms. The van der Waals surface area contributed by atoms with E-state index in [0.29, 0.717) is 0 Å². The van der Waals surface area contributed by atoms with E-state index in [-0.39, 0.29) is 17.1 Å². The molecule has 0 unspecified atom stereocenters. The van der Waals surface area contributed by atoms with Gasteiger partial charge in [0.2, 0.25) is 5.75 Å². The minimum Gasteiger partial charge on any atom is -0.502 e. The average Bonchev–Trinajstić information content (AvgIpc) is 2.49. The smallest absolute Gasteiger partial charge is 0.311 e. The van der Waals surface area contributed by atoms with Gasteiger partial charge in [0, 0.05) is 17.7 Å². The summed E-state index contributed by atoms with van der Waals surface area (Å²) in [7, 11) is 0. The number of aromatic hydroxyl groups is 1. The molecular formula is C12H9N5O5. The van der Waals surface area contributed by atoms with Crippen molar-refractivity contribution in [2.75, 3.05) is 5.43 Å². The molecule has 2 N–H and O–H groups in total. The Hall–Kier alpha value is -3.56. The fourth-order valence-corrected chi connectivity index (χ4v) is 1.53. The van der Waals surface area contributed by atoms with Crippen LogP contribution in [0, 0.1) is 20.2 Å². The quantitative estimate of drug-likeness (QED) is 0.488. The van der Waals surface area contributed by atoms with Crippen LogP contribution >= 0.6 is 0 Å². The third kappa shape index (κ3) is 3.30. The Kier molecular flexibility index (Phi) is 4.22. The second-order valence-electron chi connectivity index (χ2n) is 4.00. The van der Waals surface area contributed by atoms with Crippen LogP contribution in [-0.2, 0) is 0 Å². The summed E-state index contributed by atoms with van der Waals surface area (Å²) in [5, 5.41) is 34.6. The number of rotatable bonds is 5. The molecule has 112 valence electrons. The van der Waals surface area contributed by atoms with E-state index in [4.69, 9.17) is 0 Å². The van der Waals surface area contributed by atoms with Crippen molar-refractivity contribution in [3.63, 3.8) is 0 Å². The SMILES string of the molecule is O=[N+]([O-])c1ccc(N/N=C\c2cccc([N+](=O)[O-])c2O)nc1. The molecule has 0 aliphatic rings. The summed E-state index contributed by atoms with van der Waals surface area (Å²) in [4.78, 5) is 23.6. The average molecular weight is 303 g/mol. The Morgan fingerprint density at radius 3 is 2.55 bits per heavy atom. The minimum absolute atomic E-state index is 0.142. The molecule has 0 saturated heterocycles. The summed E-state index contributed by atoms with van der Waals surface area (Å²) >= 11 is 0. The fourth-order valence-electron chi connectivity index (χ4n) is 1.53. The van der Waals surface area contributed by atoms with Gasteiger partial charge in [-0.25, -0.2) is 4.98 Å². The summed E-state index contributed by atoms with van der Waals surface area (Å²) in [6.07, 6.45) is 2.23. The zero-order chi connectivity index (χ0) is 16.1. The highest BCUT2D eigenvalue weighted by Gasteiger charge is 2.14. The van der Waals surface area contributed by atoms with Crippen molar-refractivity contribution >= 4 is 23.4 Å². The van der Waals surface area contributed by atoms with E-state index in [9.17, 15) is 25.3 Å². The number of aromatic nitrogens is 1. The minimum atomic E-state index is -0.710. The number of pyridine rings is 1. The van der Waals surface area contributed by atoms with Gasteiger partial charge in [-0.3, -0.25) is 25.7 Å². The first-order valence-corrected chi connectivity index (χ1v) is 5.85. The number of para-hydroxylation sites is 1. The number of nitrogens with zero attached hydrogens (tertiary/aromatic N) is 4. The standard InChI is InChI=1S/C12H9N5O5/c18-12-8(2-1-3-10(12)17(21)22)6-14-15-11-5-4-9(7-13-11)16(19)20/h1-7,18H,(H,13,15)/b14-6-. The lowest BCUT2D eigenvalue weighted by Crippen LogP contribution is -1.96. The Balaban J connectivity index is 2.11. The molecule has 1 aromatic heterocycles. The van der Waals surface area contributed by atoms with Gasteiger partial charge in [-0.15, -0.1) is 0 Å². The number of nitro groups is 2. The number of phenolic OH excluding ortho intramolecular Hbond substituents is 1. The summed E-state index contributed by atoms with van der Waals surface area (Å²) in [6, 6.07) is 6.61. The maximum absolute atomic E-state index is 10.7. The van der Waals surface area contributed by atoms with E-state index in [0.717, 1.165) is 12.3 Å². The Labute approximate surface area is 123 Å². The van der Waals surface area contributed by atoms with Crippen molar-refractivity contribution in [1.29, 1.82) is 0 Å². The number of hydrogen-bond acceptors (Lipinski definition) is 8. The second kappa shape index (κ2) is 6.26. The first-order chi connectivity index (χ1) is 10.5. The maximum atomic E-state index is 10.7. The Morgan fingerprint density at radius 1 is 1.18 bits per heavy atom. The second-order valence-corrected chi connectivity index (χ2v) is 4.00. The van der Waals surface area contributed by atoms with Crippen molar-refractivity contribution < 1.29 is 15.0 Å². The third-order valence-electron chi connectivity index (χ3n) is 2.58. The topological polar surface area (TPSA) is 144 Å². The van der Waals surface area contributed by atoms with Gasteiger partial charge < -0.3 is 5.11 Å². The lowest BCUT2D eigenvalue weighted by molar-refractivity contribution is -0.385. The highest BCUT2D eigenvalue weighted by atomic mass is 16.6. The van der Waals surface area contributed by atoms with Gasteiger partial charge in [0.05, 0.1) is 16.1 Å². The lowest BCUT2D eigenvalue weighted by atomic mass is 10.2. The van der Waals surface area contributed by atoms with Crippen LogP contribution in [0.4, 0.5) is 17.2 Å². The predicted molar refractivity (Wildman–Crippen MR) is 76.9 cm³/mol. The van der Waals surface area contributed by atoms with E-state index in [1.54, 1.807) is 0 Å². The predicted octanol–water partition coefficient (Wildman–Crippen LogP) is 2.05. The van der Waals surface area contributed by atoms with Crippen LogP contribution in [0.25, 0.3) is 0 Å². The molecule has 0 bridgehead atoms. The summed E-state index contributed by atoms with van der Waals surface area (Å²) in [6.45, 7) is 0. The van der Waals surface area contributed by atoms with Crippen LogP contribution in [0.3, 0.4) is 0 Å². The van der Waals surface area contributed by atoms with Gasteiger partial charge in [0.15, 0.2) is 0 Å². The molecule has 0 atom stereocenters. The molecule has 1 aromatic carbocycles. The van der Waals surface area contributed by atoms with Crippen molar-refractivity contribution in [3.05, 3.63) is 62.3 Å². The first kappa shape index (κ1) is 14.8. The summed E-state index contributed by atoms with van der Waals surface area (Å²) in [5.41, 5.74) is 2.04. The van der Waals surface area contributed by atoms with Gasteiger partial charge in [-0.05, 0) is 12.1 Å². The molecule has 0 fully saturated rings. The molecule has 0 spiro atoms. The van der Waals surface area contributed by atoms with Crippen LogP contribution < -0.4 is 5.43 Å². The Morgan fingerprint density at radius 2 is 1.95 bits per heavy atom. The van der Waals surface area contributed by atoms with Crippen LogP contribution in [0.5, 0.6) is 5.75 Å². The van der Waals surface area contributed by atoms with Crippen molar-refractivity contribution in [2.45, 2.75) is 0 Å². The molecule has 22 heavy (non-hydrogen) atoms. The third-order valence-corrected chi connectivity index (χ3v) is 2.58. The number of hydrazone groups is 1. The molecule has 1 heterocycles. The molecule has 10 nitrogen and oxygen atoms in total. The molecule has 0 radical (unpaired) electrons. The molecule has 0 saturated carbocycles. The zero-order valence-electron chi connectivity index (χ0n) is 10.9. The molecule has 2 aromatic rings. The summed E-state index contributed by atoms with van der Waals surface area (Å²) in [5.74, 6) is -0.263.